The Morgan fingerprint density at radius 2 is 1.39 bits per heavy atom. The summed E-state index contributed by atoms with van der Waals surface area (Å²) in [6.07, 6.45) is 0. The van der Waals surface area contributed by atoms with Gasteiger partial charge in [-0.25, -0.2) is 21.1 Å². The molecule has 174 valence electrons. The molecule has 3 aromatic rings. The molecule has 0 aliphatic heterocycles. The molecule has 0 fully saturated rings. The lowest BCUT2D eigenvalue weighted by molar-refractivity contribution is 0.102. The lowest BCUT2D eigenvalue weighted by Gasteiger charge is -2.13. The standard InChI is InChI=1S/C21H19Cl2N3O5S2/c1-26(2)33(30,31)18-10-3-14(4-11-18)21(27)24-17-9-12-19(23)20(13-17)32(28,29)25-16-7-5-15(22)6-8-16/h3-13,25H,1-2H3,(H,24,27). The first kappa shape index (κ1) is 25.0. The molecule has 2 N–H and O–H groups in total. The number of hydrogen-bond acceptors (Lipinski definition) is 5. The molecule has 12 heteroatoms. The predicted octanol–water partition coefficient (Wildman–Crippen LogP) is 4.30. The molecule has 0 bridgehead atoms. The molecule has 0 saturated carbocycles. The van der Waals surface area contributed by atoms with Crippen molar-refractivity contribution in [2.24, 2.45) is 0 Å². The number of hydrogen-bond donors (Lipinski definition) is 2. The Labute approximate surface area is 202 Å². The summed E-state index contributed by atoms with van der Waals surface area (Å²) in [4.78, 5) is 12.4. The molecule has 0 aliphatic rings. The van der Waals surface area contributed by atoms with Crippen LogP contribution in [0.2, 0.25) is 10.0 Å². The Morgan fingerprint density at radius 3 is 1.97 bits per heavy atom. The average molecular weight is 528 g/mol. The molecule has 0 unspecified atom stereocenters. The van der Waals surface area contributed by atoms with Crippen LogP contribution in [0.3, 0.4) is 0 Å². The molecular formula is C21H19Cl2N3O5S2. The van der Waals surface area contributed by atoms with E-state index in [-0.39, 0.29) is 31.8 Å². The maximum Gasteiger partial charge on any atom is 0.263 e. The first-order valence-corrected chi connectivity index (χ1v) is 13.0. The van der Waals surface area contributed by atoms with Gasteiger partial charge in [0, 0.05) is 36.1 Å². The highest BCUT2D eigenvalue weighted by molar-refractivity contribution is 7.92. The van der Waals surface area contributed by atoms with E-state index in [9.17, 15) is 21.6 Å². The van der Waals surface area contributed by atoms with Gasteiger partial charge in [0.2, 0.25) is 10.0 Å². The topological polar surface area (TPSA) is 113 Å². The highest BCUT2D eigenvalue weighted by Crippen LogP contribution is 2.28. The molecule has 0 aliphatic carbocycles. The van der Waals surface area contributed by atoms with Crippen molar-refractivity contribution < 1.29 is 21.6 Å². The van der Waals surface area contributed by atoms with Gasteiger partial charge in [-0.15, -0.1) is 0 Å². The maximum atomic E-state index is 12.8. The van der Waals surface area contributed by atoms with Gasteiger partial charge in [0.1, 0.15) is 4.90 Å². The van der Waals surface area contributed by atoms with Crippen molar-refractivity contribution >= 4 is 60.5 Å². The van der Waals surface area contributed by atoms with E-state index in [0.29, 0.717) is 5.02 Å². The SMILES string of the molecule is CN(C)S(=O)(=O)c1ccc(C(=O)Nc2ccc(Cl)c(S(=O)(=O)Nc3ccc(Cl)cc3)c2)cc1. The number of anilines is 2. The second-order valence-electron chi connectivity index (χ2n) is 7.02. The summed E-state index contributed by atoms with van der Waals surface area (Å²) in [7, 11) is -4.87. The Morgan fingerprint density at radius 1 is 0.818 bits per heavy atom. The minimum absolute atomic E-state index is 0.0345. The van der Waals surface area contributed by atoms with E-state index in [4.69, 9.17) is 23.2 Å². The zero-order valence-electron chi connectivity index (χ0n) is 17.4. The van der Waals surface area contributed by atoms with Crippen LogP contribution in [0.4, 0.5) is 11.4 Å². The van der Waals surface area contributed by atoms with Crippen LogP contribution < -0.4 is 10.0 Å². The molecule has 3 rings (SSSR count). The summed E-state index contributed by atoms with van der Waals surface area (Å²) in [6.45, 7) is 0. The van der Waals surface area contributed by atoms with Crippen molar-refractivity contribution in [3.63, 3.8) is 0 Å². The third-order valence-electron chi connectivity index (χ3n) is 4.47. The Balaban J connectivity index is 1.82. The minimum Gasteiger partial charge on any atom is -0.322 e. The van der Waals surface area contributed by atoms with Crippen LogP contribution in [0.25, 0.3) is 0 Å². The summed E-state index contributed by atoms with van der Waals surface area (Å²) >= 11 is 11.9. The lowest BCUT2D eigenvalue weighted by atomic mass is 10.2. The smallest absolute Gasteiger partial charge is 0.263 e. The fourth-order valence-corrected chi connectivity index (χ4v) is 5.32. The molecule has 0 heterocycles. The molecular weight excluding hydrogens is 509 g/mol. The van der Waals surface area contributed by atoms with Gasteiger partial charge in [-0.1, -0.05) is 23.2 Å². The molecule has 0 spiro atoms. The fraction of sp³-hybridized carbons (Fsp3) is 0.0952. The van der Waals surface area contributed by atoms with Crippen molar-refractivity contribution in [2.75, 3.05) is 24.1 Å². The minimum atomic E-state index is -4.06. The van der Waals surface area contributed by atoms with Crippen molar-refractivity contribution in [3.05, 3.63) is 82.3 Å². The van der Waals surface area contributed by atoms with E-state index >= 15 is 0 Å². The van der Waals surface area contributed by atoms with Gasteiger partial charge in [0.05, 0.1) is 9.92 Å². The lowest BCUT2D eigenvalue weighted by Crippen LogP contribution is -2.22. The maximum absolute atomic E-state index is 12.8. The molecule has 0 saturated heterocycles. The Bertz CT molecular complexity index is 1390. The number of benzene rings is 3. The molecule has 3 aromatic carbocycles. The highest BCUT2D eigenvalue weighted by atomic mass is 35.5. The number of carbonyl (C=O) groups excluding carboxylic acids is 1. The van der Waals surface area contributed by atoms with Crippen LogP contribution in [-0.2, 0) is 20.0 Å². The summed E-state index contributed by atoms with van der Waals surface area (Å²) in [5.41, 5.74) is 0.662. The van der Waals surface area contributed by atoms with E-state index in [2.05, 4.69) is 10.0 Å². The van der Waals surface area contributed by atoms with Crippen LogP contribution in [0, 0.1) is 0 Å². The number of rotatable bonds is 7. The third-order valence-corrected chi connectivity index (χ3v) is 8.41. The van der Waals surface area contributed by atoms with E-state index in [1.54, 1.807) is 0 Å². The average Bonchev–Trinajstić information content (AvgIpc) is 2.76. The third kappa shape index (κ3) is 5.84. The second kappa shape index (κ2) is 9.70. The van der Waals surface area contributed by atoms with E-state index in [0.717, 1.165) is 4.31 Å². The van der Waals surface area contributed by atoms with Crippen LogP contribution in [0.15, 0.2) is 76.5 Å². The number of nitrogens with one attached hydrogen (secondary N) is 2. The summed E-state index contributed by atoms with van der Waals surface area (Å²) in [6, 6.07) is 15.5. The fourth-order valence-electron chi connectivity index (χ4n) is 2.71. The van der Waals surface area contributed by atoms with Crippen molar-refractivity contribution in [1.29, 1.82) is 0 Å². The van der Waals surface area contributed by atoms with Gasteiger partial charge in [-0.2, -0.15) is 0 Å². The number of sulfonamides is 2. The van der Waals surface area contributed by atoms with Gasteiger partial charge < -0.3 is 5.32 Å². The molecule has 0 atom stereocenters. The predicted molar refractivity (Wildman–Crippen MR) is 129 cm³/mol. The number of amides is 1. The first-order chi connectivity index (χ1) is 15.4. The molecule has 0 aromatic heterocycles. The largest absolute Gasteiger partial charge is 0.322 e. The van der Waals surface area contributed by atoms with Gasteiger partial charge in [0.15, 0.2) is 0 Å². The van der Waals surface area contributed by atoms with Crippen molar-refractivity contribution in [1.82, 2.24) is 4.31 Å². The Kier molecular flexibility index (Phi) is 7.35. The second-order valence-corrected chi connectivity index (χ2v) is 11.7. The van der Waals surface area contributed by atoms with Gasteiger partial charge in [0.25, 0.3) is 15.9 Å². The summed E-state index contributed by atoms with van der Waals surface area (Å²) in [5.74, 6) is -0.555. The van der Waals surface area contributed by atoms with Gasteiger partial charge in [-0.05, 0) is 66.7 Å². The van der Waals surface area contributed by atoms with Crippen molar-refractivity contribution in [3.8, 4) is 0 Å². The normalized spacial score (nSPS) is 11.9. The molecule has 8 nitrogen and oxygen atoms in total. The first-order valence-electron chi connectivity index (χ1n) is 9.32. The van der Waals surface area contributed by atoms with Crippen LogP contribution in [0.1, 0.15) is 10.4 Å². The van der Waals surface area contributed by atoms with Crippen LogP contribution >= 0.6 is 23.2 Å². The molecule has 33 heavy (non-hydrogen) atoms. The number of nitrogens with zero attached hydrogens (tertiary/aromatic N) is 1. The zero-order valence-corrected chi connectivity index (χ0v) is 20.6. The summed E-state index contributed by atoms with van der Waals surface area (Å²) < 4.78 is 53.4. The molecule has 0 radical (unpaired) electrons. The number of halogens is 2. The van der Waals surface area contributed by atoms with Crippen LogP contribution in [0.5, 0.6) is 0 Å². The van der Waals surface area contributed by atoms with E-state index in [1.807, 2.05) is 0 Å². The number of carbonyl (C=O) groups is 1. The van der Waals surface area contributed by atoms with Crippen molar-refractivity contribution in [2.45, 2.75) is 9.79 Å². The van der Waals surface area contributed by atoms with Gasteiger partial charge in [-0.3, -0.25) is 9.52 Å². The van der Waals surface area contributed by atoms with Crippen LogP contribution in [-0.4, -0.2) is 41.1 Å². The quantitative estimate of drug-likeness (QED) is 0.475. The Hall–Kier alpha value is -2.63. The van der Waals surface area contributed by atoms with E-state index in [1.165, 1.54) is 80.8 Å². The van der Waals surface area contributed by atoms with Gasteiger partial charge >= 0.3 is 0 Å². The molecule has 1 amide bonds. The monoisotopic (exact) mass is 527 g/mol. The van der Waals surface area contributed by atoms with E-state index < -0.39 is 26.0 Å². The highest BCUT2D eigenvalue weighted by Gasteiger charge is 2.20. The summed E-state index contributed by atoms with van der Waals surface area (Å²) in [5, 5.41) is 3.00. The zero-order chi connectivity index (χ0) is 24.4.